The number of benzene rings is 2. The van der Waals surface area contributed by atoms with Crippen molar-refractivity contribution >= 4 is 33.3 Å². The molecule has 3 rings (SSSR count). The van der Waals surface area contributed by atoms with Crippen molar-refractivity contribution in [1.82, 2.24) is 10.3 Å². The van der Waals surface area contributed by atoms with Crippen molar-refractivity contribution in [1.29, 1.82) is 5.41 Å². The maximum absolute atomic E-state index is 12.5. The second-order valence-corrected chi connectivity index (χ2v) is 7.53. The molecule has 0 aliphatic heterocycles. The van der Waals surface area contributed by atoms with Crippen LogP contribution in [-0.2, 0) is 6.42 Å². The van der Waals surface area contributed by atoms with Crippen LogP contribution in [0.3, 0.4) is 0 Å². The number of aryl methyl sites for hydroxylation is 1. The van der Waals surface area contributed by atoms with E-state index in [0.29, 0.717) is 16.9 Å². The lowest BCUT2D eigenvalue weighted by atomic mass is 9.93. The van der Waals surface area contributed by atoms with Crippen LogP contribution in [0.25, 0.3) is 27.1 Å². The van der Waals surface area contributed by atoms with Gasteiger partial charge in [-0.3, -0.25) is 4.79 Å². The van der Waals surface area contributed by atoms with E-state index in [1.165, 1.54) is 18.0 Å². The fourth-order valence-corrected chi connectivity index (χ4v) is 3.60. The second-order valence-electron chi connectivity index (χ2n) is 7.53. The maximum Gasteiger partial charge on any atom is 0.256 e. The van der Waals surface area contributed by atoms with Crippen molar-refractivity contribution in [3.63, 3.8) is 0 Å². The number of aromatic nitrogens is 1. The van der Waals surface area contributed by atoms with Gasteiger partial charge in [-0.1, -0.05) is 32.0 Å². The molecule has 0 unspecified atom stereocenters. The Morgan fingerprint density at radius 1 is 1.25 bits per heavy atom. The van der Waals surface area contributed by atoms with Crippen LogP contribution in [0.5, 0.6) is 0 Å². The number of fused-ring (bicyclic) bond motifs is 3. The molecule has 0 amide bonds. The number of nitrogens with one attached hydrogen (secondary N) is 3. The summed E-state index contributed by atoms with van der Waals surface area (Å²) in [6.45, 7) is 6.41. The lowest BCUT2D eigenvalue weighted by Crippen LogP contribution is -2.21. The minimum absolute atomic E-state index is 0.0991. The summed E-state index contributed by atoms with van der Waals surface area (Å²) >= 11 is 0. The fourth-order valence-electron chi connectivity index (χ4n) is 3.60. The van der Waals surface area contributed by atoms with Crippen LogP contribution in [0.2, 0.25) is 0 Å². The van der Waals surface area contributed by atoms with E-state index < -0.39 is 0 Å². The number of allylic oxidation sites excluding steroid dienone is 1. The van der Waals surface area contributed by atoms with E-state index in [9.17, 15) is 4.79 Å². The van der Waals surface area contributed by atoms with Crippen molar-refractivity contribution < 1.29 is 0 Å². The summed E-state index contributed by atoms with van der Waals surface area (Å²) < 4.78 is 0. The van der Waals surface area contributed by atoms with Gasteiger partial charge in [0.25, 0.3) is 5.56 Å². The Hall–Kier alpha value is -2.92. The zero-order valence-corrected chi connectivity index (χ0v) is 16.5. The Morgan fingerprint density at radius 2 is 2.07 bits per heavy atom. The summed E-state index contributed by atoms with van der Waals surface area (Å²) in [5.74, 6) is 0.644. The molecule has 0 aliphatic rings. The lowest BCUT2D eigenvalue weighted by molar-refractivity contribution is 0.543. The van der Waals surface area contributed by atoms with Gasteiger partial charge in [-0.25, -0.2) is 0 Å². The highest BCUT2D eigenvalue weighted by Crippen LogP contribution is 2.29. The van der Waals surface area contributed by atoms with Gasteiger partial charge < -0.3 is 21.4 Å². The van der Waals surface area contributed by atoms with Gasteiger partial charge in [0, 0.05) is 24.2 Å². The van der Waals surface area contributed by atoms with E-state index in [1.54, 1.807) is 6.20 Å². The van der Waals surface area contributed by atoms with E-state index in [4.69, 9.17) is 11.1 Å². The minimum atomic E-state index is -0.0991. The molecule has 0 radical (unpaired) electrons. The van der Waals surface area contributed by atoms with Crippen LogP contribution in [0, 0.1) is 11.3 Å². The van der Waals surface area contributed by atoms with E-state index >= 15 is 0 Å². The van der Waals surface area contributed by atoms with Crippen LogP contribution >= 0.6 is 0 Å². The van der Waals surface area contributed by atoms with Gasteiger partial charge in [0.2, 0.25) is 0 Å². The molecule has 3 aromatic rings. The molecule has 0 spiro atoms. The first-order valence-corrected chi connectivity index (χ1v) is 9.75. The van der Waals surface area contributed by atoms with Crippen molar-refractivity contribution in [3.05, 3.63) is 64.2 Å². The predicted molar refractivity (Wildman–Crippen MR) is 119 cm³/mol. The molecule has 5 N–H and O–H groups in total. The Kier molecular flexibility index (Phi) is 6.26. The Bertz CT molecular complexity index is 1080. The van der Waals surface area contributed by atoms with E-state index in [0.717, 1.165) is 47.7 Å². The lowest BCUT2D eigenvalue weighted by Gasteiger charge is -2.13. The first-order chi connectivity index (χ1) is 13.5. The Labute approximate surface area is 165 Å². The molecule has 1 aromatic heterocycles. The molecule has 146 valence electrons. The van der Waals surface area contributed by atoms with Crippen LogP contribution < -0.4 is 16.6 Å². The van der Waals surface area contributed by atoms with Crippen molar-refractivity contribution in [2.45, 2.75) is 26.7 Å². The number of aromatic amines is 1. The summed E-state index contributed by atoms with van der Waals surface area (Å²) in [5.41, 5.74) is 8.26. The van der Waals surface area contributed by atoms with Gasteiger partial charge in [0.1, 0.15) is 0 Å². The van der Waals surface area contributed by atoms with E-state index in [-0.39, 0.29) is 5.56 Å². The largest absolute Gasteiger partial charge is 0.404 e. The monoisotopic (exact) mass is 376 g/mol. The zero-order valence-electron chi connectivity index (χ0n) is 16.5. The molecule has 5 heteroatoms. The predicted octanol–water partition coefficient (Wildman–Crippen LogP) is 3.81. The maximum atomic E-state index is 12.5. The fraction of sp³-hybridized carbons (Fsp3) is 0.304. The molecule has 0 atom stereocenters. The second kappa shape index (κ2) is 8.85. The Morgan fingerprint density at radius 3 is 2.79 bits per heavy atom. The summed E-state index contributed by atoms with van der Waals surface area (Å²) in [6, 6.07) is 10.1. The summed E-state index contributed by atoms with van der Waals surface area (Å²) in [7, 11) is 0. The number of hydrogen-bond donors (Lipinski definition) is 4. The Balaban J connectivity index is 2.06. The SMILES string of the molecule is CC(C)CNCCCc1cc2cc[nH]c(=O)c2c2cc(/C(C=N)=C/N)ccc12. The average Bonchev–Trinajstić information content (AvgIpc) is 2.68. The smallest absolute Gasteiger partial charge is 0.256 e. The molecule has 5 nitrogen and oxygen atoms in total. The van der Waals surface area contributed by atoms with Crippen LogP contribution in [-0.4, -0.2) is 24.3 Å². The highest BCUT2D eigenvalue weighted by Gasteiger charge is 2.11. The molecule has 0 saturated carbocycles. The van der Waals surface area contributed by atoms with Crippen molar-refractivity contribution in [2.75, 3.05) is 13.1 Å². The topological polar surface area (TPSA) is 94.8 Å². The third-order valence-corrected chi connectivity index (χ3v) is 4.98. The minimum Gasteiger partial charge on any atom is -0.404 e. The number of hydrogen-bond acceptors (Lipinski definition) is 4. The summed E-state index contributed by atoms with van der Waals surface area (Å²) in [5, 5.41) is 14.7. The van der Waals surface area contributed by atoms with Gasteiger partial charge in [-0.2, -0.15) is 0 Å². The van der Waals surface area contributed by atoms with Gasteiger partial charge in [0.05, 0.1) is 5.39 Å². The molecule has 0 fully saturated rings. The standard InChI is InChI=1S/C23H28N4O/c1-15(2)14-26-8-3-4-17-10-18-7-9-27-23(28)22(18)21-11-16(5-6-20(17)21)19(12-24)13-25/h5-7,9-13,15,24,26H,3-4,8,14,25H2,1-2H3,(H,27,28)/b19-13+,24-12?. The number of rotatable bonds is 8. The first kappa shape index (κ1) is 19.8. The van der Waals surface area contributed by atoms with E-state index in [2.05, 4.69) is 30.2 Å². The van der Waals surface area contributed by atoms with Gasteiger partial charge in [-0.05, 0) is 71.3 Å². The molecule has 1 heterocycles. The van der Waals surface area contributed by atoms with Crippen LogP contribution in [0.4, 0.5) is 0 Å². The number of H-pyrrole nitrogens is 1. The molecule has 28 heavy (non-hydrogen) atoms. The molecule has 0 bridgehead atoms. The zero-order chi connectivity index (χ0) is 20.1. The normalized spacial score (nSPS) is 12.2. The van der Waals surface area contributed by atoms with Crippen molar-refractivity contribution in [2.24, 2.45) is 11.7 Å². The highest BCUT2D eigenvalue weighted by molar-refractivity contribution is 6.13. The molecule has 0 saturated heterocycles. The highest BCUT2D eigenvalue weighted by atomic mass is 16.1. The summed E-state index contributed by atoms with van der Waals surface area (Å²) in [4.78, 5) is 15.3. The van der Waals surface area contributed by atoms with Gasteiger partial charge in [-0.15, -0.1) is 0 Å². The number of nitrogens with two attached hydrogens (primary N) is 1. The third-order valence-electron chi connectivity index (χ3n) is 4.98. The van der Waals surface area contributed by atoms with Crippen LogP contribution in [0.1, 0.15) is 31.4 Å². The van der Waals surface area contributed by atoms with Gasteiger partial charge in [0.15, 0.2) is 0 Å². The van der Waals surface area contributed by atoms with Gasteiger partial charge >= 0.3 is 0 Å². The molecule has 0 aliphatic carbocycles. The summed E-state index contributed by atoms with van der Waals surface area (Å²) in [6.07, 6.45) is 6.32. The quantitative estimate of drug-likeness (QED) is 0.273. The third kappa shape index (κ3) is 4.15. The molecular formula is C23H28N4O. The van der Waals surface area contributed by atoms with Crippen molar-refractivity contribution in [3.8, 4) is 0 Å². The first-order valence-electron chi connectivity index (χ1n) is 9.75. The number of pyridine rings is 1. The van der Waals surface area contributed by atoms with E-state index in [1.807, 2.05) is 24.3 Å². The average molecular weight is 377 g/mol. The van der Waals surface area contributed by atoms with Crippen LogP contribution in [0.15, 0.2) is 47.5 Å². The molecular weight excluding hydrogens is 348 g/mol. The molecule has 2 aromatic carbocycles.